The monoisotopic (exact) mass is 564 g/mol. The number of nitrogens with zero attached hydrogens (tertiary/aromatic N) is 1. The van der Waals surface area contributed by atoms with Gasteiger partial charge in [0.2, 0.25) is 0 Å². The van der Waals surface area contributed by atoms with Crippen molar-refractivity contribution in [1.82, 2.24) is 5.43 Å². The van der Waals surface area contributed by atoms with Gasteiger partial charge in [-0.1, -0.05) is 23.7 Å². The molecule has 0 atom stereocenters. The minimum absolute atomic E-state index is 0.168. The third-order valence-electron chi connectivity index (χ3n) is 4.07. The second kappa shape index (κ2) is 11.5. The molecule has 3 aromatic carbocycles. The van der Waals surface area contributed by atoms with Crippen LogP contribution in [0.25, 0.3) is 0 Å². The smallest absolute Gasteiger partial charge is 0.345 e. The second-order valence-electron chi connectivity index (χ2n) is 6.32. The van der Waals surface area contributed by atoms with Gasteiger partial charge >= 0.3 is 5.97 Å². The maximum atomic E-state index is 12.4. The summed E-state index contributed by atoms with van der Waals surface area (Å²) in [4.78, 5) is 24.3. The van der Waals surface area contributed by atoms with Crippen molar-refractivity contribution in [2.75, 3.05) is 13.7 Å². The summed E-state index contributed by atoms with van der Waals surface area (Å²) in [5.41, 5.74) is 3.26. The van der Waals surface area contributed by atoms with Crippen LogP contribution in [-0.2, 0) is 4.79 Å². The standard InChI is InChI=1S/C23H18ClIN2O5/c1-30-21-12-15(6-11-20(21)32-23(29)18-4-2-3-5-19(18)24)13-26-27-22(28)14-31-17-9-7-16(25)8-10-17/h2-13H,14H2,1H3,(H,27,28)/b26-13+. The molecule has 0 unspecified atom stereocenters. The first-order valence-corrected chi connectivity index (χ1v) is 10.8. The summed E-state index contributed by atoms with van der Waals surface area (Å²) in [5, 5.41) is 4.20. The van der Waals surface area contributed by atoms with E-state index in [2.05, 4.69) is 33.1 Å². The Kier molecular flexibility index (Phi) is 8.46. The van der Waals surface area contributed by atoms with Gasteiger partial charge in [0.25, 0.3) is 5.91 Å². The van der Waals surface area contributed by atoms with Crippen molar-refractivity contribution < 1.29 is 23.8 Å². The third-order valence-corrected chi connectivity index (χ3v) is 5.12. The van der Waals surface area contributed by atoms with E-state index in [0.717, 1.165) is 3.57 Å². The molecule has 3 aromatic rings. The lowest BCUT2D eigenvalue weighted by Gasteiger charge is -2.10. The van der Waals surface area contributed by atoms with Crippen molar-refractivity contribution in [3.05, 3.63) is 86.4 Å². The third kappa shape index (κ3) is 6.69. The van der Waals surface area contributed by atoms with Crippen LogP contribution >= 0.6 is 34.2 Å². The minimum Gasteiger partial charge on any atom is -0.493 e. The summed E-state index contributed by atoms with van der Waals surface area (Å²) in [5.74, 6) is 0.135. The van der Waals surface area contributed by atoms with Crippen molar-refractivity contribution >= 4 is 52.3 Å². The summed E-state index contributed by atoms with van der Waals surface area (Å²) >= 11 is 8.22. The van der Waals surface area contributed by atoms with E-state index in [0.29, 0.717) is 22.1 Å². The molecule has 0 aliphatic heterocycles. The number of esters is 1. The lowest BCUT2D eigenvalue weighted by molar-refractivity contribution is -0.123. The number of carbonyl (C=O) groups is 2. The average Bonchev–Trinajstić information content (AvgIpc) is 2.79. The molecule has 0 aromatic heterocycles. The van der Waals surface area contributed by atoms with Gasteiger partial charge in [0.05, 0.1) is 23.9 Å². The fourth-order valence-corrected chi connectivity index (χ4v) is 3.09. The van der Waals surface area contributed by atoms with E-state index in [1.165, 1.54) is 13.3 Å². The summed E-state index contributed by atoms with van der Waals surface area (Å²) in [6, 6.07) is 18.8. The number of ether oxygens (including phenoxy) is 3. The summed E-state index contributed by atoms with van der Waals surface area (Å²) in [6.07, 6.45) is 1.44. The van der Waals surface area contributed by atoms with Gasteiger partial charge in [-0.15, -0.1) is 0 Å². The van der Waals surface area contributed by atoms with Crippen molar-refractivity contribution in [2.45, 2.75) is 0 Å². The van der Waals surface area contributed by atoms with Crippen LogP contribution in [0, 0.1) is 3.57 Å². The molecule has 0 saturated heterocycles. The highest BCUT2D eigenvalue weighted by Gasteiger charge is 2.15. The summed E-state index contributed by atoms with van der Waals surface area (Å²) in [6.45, 7) is -0.168. The zero-order valence-corrected chi connectivity index (χ0v) is 19.8. The number of hydrazone groups is 1. The van der Waals surface area contributed by atoms with Crippen LogP contribution < -0.4 is 19.6 Å². The average molecular weight is 565 g/mol. The Bertz CT molecular complexity index is 1140. The van der Waals surface area contributed by atoms with Crippen LogP contribution in [0.15, 0.2) is 71.8 Å². The molecule has 0 aliphatic carbocycles. The highest BCUT2D eigenvalue weighted by molar-refractivity contribution is 14.1. The van der Waals surface area contributed by atoms with Crippen LogP contribution in [0.2, 0.25) is 5.02 Å². The van der Waals surface area contributed by atoms with Gasteiger partial charge in [-0.3, -0.25) is 4.79 Å². The van der Waals surface area contributed by atoms with Crippen LogP contribution in [0.5, 0.6) is 17.2 Å². The van der Waals surface area contributed by atoms with Gasteiger partial charge in [-0.25, -0.2) is 10.2 Å². The first-order chi connectivity index (χ1) is 15.5. The molecule has 9 heteroatoms. The molecule has 7 nitrogen and oxygen atoms in total. The van der Waals surface area contributed by atoms with Gasteiger partial charge in [-0.2, -0.15) is 5.10 Å². The number of hydrogen-bond acceptors (Lipinski definition) is 6. The lowest BCUT2D eigenvalue weighted by Crippen LogP contribution is -2.24. The molecule has 164 valence electrons. The fourth-order valence-electron chi connectivity index (χ4n) is 2.52. The number of rotatable bonds is 8. The number of halogens is 2. The SMILES string of the molecule is COc1cc(/C=N/NC(=O)COc2ccc(I)cc2)ccc1OC(=O)c1ccccc1Cl. The van der Waals surface area contributed by atoms with Crippen LogP contribution in [0.1, 0.15) is 15.9 Å². The molecule has 32 heavy (non-hydrogen) atoms. The minimum atomic E-state index is -0.601. The maximum absolute atomic E-state index is 12.4. The van der Waals surface area contributed by atoms with E-state index in [1.54, 1.807) is 54.6 Å². The Hall–Kier alpha value is -3.11. The van der Waals surface area contributed by atoms with Gasteiger partial charge in [0.1, 0.15) is 5.75 Å². The maximum Gasteiger partial charge on any atom is 0.345 e. The number of amides is 1. The first kappa shape index (κ1) is 23.6. The van der Waals surface area contributed by atoms with Crippen LogP contribution in [0.3, 0.4) is 0 Å². The molecule has 0 heterocycles. The molecule has 1 N–H and O–H groups in total. The Morgan fingerprint density at radius 2 is 1.81 bits per heavy atom. The van der Waals surface area contributed by atoms with Crippen LogP contribution in [0.4, 0.5) is 0 Å². The largest absolute Gasteiger partial charge is 0.493 e. The van der Waals surface area contributed by atoms with Gasteiger partial charge in [-0.05, 0) is 82.8 Å². The Balaban J connectivity index is 1.57. The topological polar surface area (TPSA) is 86.2 Å². The number of hydrogen-bond donors (Lipinski definition) is 1. The van der Waals surface area contributed by atoms with Crippen molar-refractivity contribution in [3.63, 3.8) is 0 Å². The highest BCUT2D eigenvalue weighted by atomic mass is 127. The normalized spacial score (nSPS) is 10.6. The highest BCUT2D eigenvalue weighted by Crippen LogP contribution is 2.29. The van der Waals surface area contributed by atoms with Gasteiger partial charge in [0, 0.05) is 3.57 Å². The number of nitrogens with one attached hydrogen (secondary N) is 1. The van der Waals surface area contributed by atoms with E-state index in [1.807, 2.05) is 12.1 Å². The molecule has 1 amide bonds. The number of benzene rings is 3. The fraction of sp³-hybridized carbons (Fsp3) is 0.0870. The molecular formula is C23H18ClIN2O5. The molecule has 0 fully saturated rings. The first-order valence-electron chi connectivity index (χ1n) is 9.31. The molecular weight excluding hydrogens is 547 g/mol. The molecule has 0 saturated carbocycles. The molecule has 0 spiro atoms. The number of methoxy groups -OCH3 is 1. The quantitative estimate of drug-likeness (QED) is 0.141. The second-order valence-corrected chi connectivity index (χ2v) is 7.97. The molecule has 0 aliphatic rings. The van der Waals surface area contributed by atoms with E-state index in [4.69, 9.17) is 25.8 Å². The zero-order chi connectivity index (χ0) is 22.9. The Labute approximate surface area is 203 Å². The van der Waals surface area contributed by atoms with Gasteiger partial charge < -0.3 is 14.2 Å². The van der Waals surface area contributed by atoms with E-state index >= 15 is 0 Å². The lowest BCUT2D eigenvalue weighted by atomic mass is 10.2. The van der Waals surface area contributed by atoms with Crippen molar-refractivity contribution in [3.8, 4) is 17.2 Å². The Morgan fingerprint density at radius 1 is 1.06 bits per heavy atom. The molecule has 0 bridgehead atoms. The predicted octanol–water partition coefficient (Wildman–Crippen LogP) is 4.70. The zero-order valence-electron chi connectivity index (χ0n) is 16.9. The summed E-state index contributed by atoms with van der Waals surface area (Å²) in [7, 11) is 1.45. The molecule has 3 rings (SSSR count). The number of carbonyl (C=O) groups excluding carboxylic acids is 2. The van der Waals surface area contributed by atoms with E-state index in [-0.39, 0.29) is 17.9 Å². The molecule has 0 radical (unpaired) electrons. The Morgan fingerprint density at radius 3 is 2.53 bits per heavy atom. The van der Waals surface area contributed by atoms with Crippen molar-refractivity contribution in [1.29, 1.82) is 0 Å². The predicted molar refractivity (Wildman–Crippen MR) is 130 cm³/mol. The summed E-state index contributed by atoms with van der Waals surface area (Å²) < 4.78 is 17.2. The van der Waals surface area contributed by atoms with Crippen molar-refractivity contribution in [2.24, 2.45) is 5.10 Å². The van der Waals surface area contributed by atoms with Crippen LogP contribution in [-0.4, -0.2) is 31.8 Å². The van der Waals surface area contributed by atoms with E-state index in [9.17, 15) is 9.59 Å². The van der Waals surface area contributed by atoms with Gasteiger partial charge in [0.15, 0.2) is 18.1 Å². The van der Waals surface area contributed by atoms with E-state index < -0.39 is 11.9 Å².